The number of carbonyl (C=O) groups is 1. The molecular formula is C7H12OS. The van der Waals surface area contributed by atoms with Crippen LogP contribution in [0.3, 0.4) is 0 Å². The van der Waals surface area contributed by atoms with E-state index in [1.54, 1.807) is 11.8 Å². The predicted molar refractivity (Wildman–Crippen MR) is 40.5 cm³/mol. The Morgan fingerprint density at radius 3 is 3.00 bits per heavy atom. The van der Waals surface area contributed by atoms with Crippen LogP contribution in [0, 0.1) is 0 Å². The molecule has 0 bridgehead atoms. The minimum Gasteiger partial charge on any atom is -0.287 e. The van der Waals surface area contributed by atoms with Crippen molar-refractivity contribution in [1.29, 1.82) is 0 Å². The molecule has 1 fully saturated rings. The summed E-state index contributed by atoms with van der Waals surface area (Å²) in [6.45, 7) is 2.17. The SMILES string of the molecule is CCC[C@@H]1CCC(=O)S1. The molecule has 0 spiro atoms. The van der Waals surface area contributed by atoms with Gasteiger partial charge in [0.1, 0.15) is 0 Å². The summed E-state index contributed by atoms with van der Waals surface area (Å²) in [4.78, 5) is 10.7. The first-order valence-corrected chi connectivity index (χ1v) is 4.40. The topological polar surface area (TPSA) is 17.1 Å². The minimum absolute atomic E-state index is 0.397. The summed E-state index contributed by atoms with van der Waals surface area (Å²) in [6, 6.07) is 0. The van der Waals surface area contributed by atoms with E-state index in [1.807, 2.05) is 0 Å². The quantitative estimate of drug-likeness (QED) is 0.591. The van der Waals surface area contributed by atoms with E-state index in [0.717, 1.165) is 12.8 Å². The Labute approximate surface area is 60.2 Å². The largest absolute Gasteiger partial charge is 0.287 e. The molecule has 1 rings (SSSR count). The molecule has 0 aromatic heterocycles. The highest BCUT2D eigenvalue weighted by Gasteiger charge is 2.21. The van der Waals surface area contributed by atoms with Crippen LogP contribution in [0.2, 0.25) is 0 Å². The fourth-order valence-electron chi connectivity index (χ4n) is 1.11. The van der Waals surface area contributed by atoms with Gasteiger partial charge in [-0.15, -0.1) is 0 Å². The van der Waals surface area contributed by atoms with Crippen molar-refractivity contribution in [1.82, 2.24) is 0 Å². The van der Waals surface area contributed by atoms with Crippen molar-refractivity contribution >= 4 is 16.9 Å². The summed E-state index contributed by atoms with van der Waals surface area (Å²) in [7, 11) is 0. The van der Waals surface area contributed by atoms with Gasteiger partial charge in [0, 0.05) is 11.7 Å². The lowest BCUT2D eigenvalue weighted by Crippen LogP contribution is -1.93. The minimum atomic E-state index is 0.397. The molecular weight excluding hydrogens is 132 g/mol. The third-order valence-corrected chi connectivity index (χ3v) is 2.85. The van der Waals surface area contributed by atoms with Gasteiger partial charge in [-0.25, -0.2) is 0 Å². The van der Waals surface area contributed by atoms with E-state index < -0.39 is 0 Å². The monoisotopic (exact) mass is 144 g/mol. The third-order valence-electron chi connectivity index (χ3n) is 1.58. The van der Waals surface area contributed by atoms with Crippen molar-refractivity contribution in [2.75, 3.05) is 0 Å². The lowest BCUT2D eigenvalue weighted by molar-refractivity contribution is -0.110. The van der Waals surface area contributed by atoms with E-state index in [4.69, 9.17) is 0 Å². The van der Waals surface area contributed by atoms with Crippen LogP contribution >= 0.6 is 11.8 Å². The molecule has 0 aliphatic carbocycles. The second-order valence-corrected chi connectivity index (χ2v) is 3.80. The van der Waals surface area contributed by atoms with Gasteiger partial charge in [-0.2, -0.15) is 0 Å². The van der Waals surface area contributed by atoms with Crippen LogP contribution in [0.25, 0.3) is 0 Å². The Hall–Kier alpha value is 0.0200. The maximum absolute atomic E-state index is 10.7. The zero-order valence-electron chi connectivity index (χ0n) is 5.72. The Balaban J connectivity index is 2.22. The Kier molecular flexibility index (Phi) is 2.58. The molecule has 0 radical (unpaired) electrons. The van der Waals surface area contributed by atoms with Crippen LogP contribution < -0.4 is 0 Å². The molecule has 0 aromatic rings. The number of thioether (sulfide) groups is 1. The molecule has 9 heavy (non-hydrogen) atoms. The van der Waals surface area contributed by atoms with Gasteiger partial charge in [-0.3, -0.25) is 4.79 Å². The van der Waals surface area contributed by atoms with Crippen LogP contribution in [0.5, 0.6) is 0 Å². The highest BCUT2D eigenvalue weighted by atomic mass is 32.2. The summed E-state index contributed by atoms with van der Waals surface area (Å²) in [5.74, 6) is 0. The standard InChI is InChI=1S/C7H12OS/c1-2-3-6-4-5-7(8)9-6/h6H,2-5H2,1H3/t6-/m1/s1. The number of rotatable bonds is 2. The van der Waals surface area contributed by atoms with Crippen molar-refractivity contribution in [3.05, 3.63) is 0 Å². The van der Waals surface area contributed by atoms with Gasteiger partial charge in [0.15, 0.2) is 5.12 Å². The molecule has 1 heterocycles. The van der Waals surface area contributed by atoms with Crippen LogP contribution in [0.15, 0.2) is 0 Å². The first-order valence-electron chi connectivity index (χ1n) is 3.52. The summed E-state index contributed by atoms with van der Waals surface area (Å²) in [5, 5.41) is 1.05. The highest BCUT2D eigenvalue weighted by Crippen LogP contribution is 2.30. The molecule has 0 saturated carbocycles. The predicted octanol–water partition coefficient (Wildman–Crippen LogP) is 2.21. The number of hydrogen-bond donors (Lipinski definition) is 0. The van der Waals surface area contributed by atoms with Gasteiger partial charge in [0.25, 0.3) is 0 Å². The molecule has 1 saturated heterocycles. The average molecular weight is 144 g/mol. The molecule has 52 valence electrons. The Bertz CT molecular complexity index is 111. The summed E-state index contributed by atoms with van der Waals surface area (Å²) >= 11 is 1.55. The molecule has 1 atom stereocenters. The van der Waals surface area contributed by atoms with Crippen LogP contribution in [0.1, 0.15) is 32.6 Å². The lowest BCUT2D eigenvalue weighted by Gasteiger charge is -2.01. The van der Waals surface area contributed by atoms with Gasteiger partial charge < -0.3 is 0 Å². The Morgan fingerprint density at radius 2 is 2.56 bits per heavy atom. The molecule has 1 aliphatic rings. The first-order chi connectivity index (χ1) is 4.33. The van der Waals surface area contributed by atoms with Crippen molar-refractivity contribution in [3.8, 4) is 0 Å². The van der Waals surface area contributed by atoms with Crippen LogP contribution in [-0.2, 0) is 4.79 Å². The van der Waals surface area contributed by atoms with E-state index in [1.165, 1.54) is 12.8 Å². The van der Waals surface area contributed by atoms with Crippen LogP contribution in [-0.4, -0.2) is 10.4 Å². The zero-order valence-corrected chi connectivity index (χ0v) is 6.54. The van der Waals surface area contributed by atoms with Gasteiger partial charge in [0.05, 0.1) is 0 Å². The third kappa shape index (κ3) is 2.01. The smallest absolute Gasteiger partial charge is 0.189 e. The van der Waals surface area contributed by atoms with Crippen molar-refractivity contribution in [2.24, 2.45) is 0 Å². The molecule has 0 amide bonds. The van der Waals surface area contributed by atoms with E-state index in [0.29, 0.717) is 10.4 Å². The van der Waals surface area contributed by atoms with E-state index in [9.17, 15) is 4.79 Å². The molecule has 1 aliphatic heterocycles. The second kappa shape index (κ2) is 3.25. The molecule has 0 unspecified atom stereocenters. The molecule has 2 heteroatoms. The van der Waals surface area contributed by atoms with Crippen molar-refractivity contribution in [2.45, 2.75) is 37.9 Å². The van der Waals surface area contributed by atoms with E-state index in [-0.39, 0.29) is 0 Å². The summed E-state index contributed by atoms with van der Waals surface area (Å²) in [6.07, 6.45) is 4.37. The number of hydrogen-bond acceptors (Lipinski definition) is 2. The normalized spacial score (nSPS) is 27.2. The fraction of sp³-hybridized carbons (Fsp3) is 0.857. The zero-order chi connectivity index (χ0) is 6.69. The van der Waals surface area contributed by atoms with Crippen molar-refractivity contribution < 1.29 is 4.79 Å². The van der Waals surface area contributed by atoms with Gasteiger partial charge >= 0.3 is 0 Å². The molecule has 0 aromatic carbocycles. The lowest BCUT2D eigenvalue weighted by atomic mass is 10.2. The molecule has 1 nitrogen and oxygen atoms in total. The summed E-state index contributed by atoms with van der Waals surface area (Å²) < 4.78 is 0. The van der Waals surface area contributed by atoms with E-state index >= 15 is 0 Å². The van der Waals surface area contributed by atoms with Crippen molar-refractivity contribution in [3.63, 3.8) is 0 Å². The maximum Gasteiger partial charge on any atom is 0.189 e. The fourth-order valence-corrected chi connectivity index (χ4v) is 2.30. The van der Waals surface area contributed by atoms with E-state index in [2.05, 4.69) is 6.92 Å². The van der Waals surface area contributed by atoms with Gasteiger partial charge in [-0.1, -0.05) is 25.1 Å². The average Bonchev–Trinajstić information content (AvgIpc) is 2.17. The highest BCUT2D eigenvalue weighted by molar-refractivity contribution is 8.14. The number of carbonyl (C=O) groups excluding carboxylic acids is 1. The van der Waals surface area contributed by atoms with Gasteiger partial charge in [-0.05, 0) is 12.8 Å². The Morgan fingerprint density at radius 1 is 1.78 bits per heavy atom. The van der Waals surface area contributed by atoms with Gasteiger partial charge in [0.2, 0.25) is 0 Å². The first kappa shape index (κ1) is 7.13. The summed E-state index contributed by atoms with van der Waals surface area (Å²) in [5.41, 5.74) is 0. The maximum atomic E-state index is 10.7. The van der Waals surface area contributed by atoms with Crippen LogP contribution in [0.4, 0.5) is 0 Å². The second-order valence-electron chi connectivity index (χ2n) is 2.44. The molecule has 0 N–H and O–H groups in total.